The van der Waals surface area contributed by atoms with Crippen molar-refractivity contribution in [1.29, 1.82) is 0 Å². The molecule has 4 rings (SSSR count). The van der Waals surface area contributed by atoms with Crippen molar-refractivity contribution in [1.82, 2.24) is 0 Å². The highest BCUT2D eigenvalue weighted by Crippen LogP contribution is 2.35. The number of hydrogen-bond acceptors (Lipinski definition) is 3. The highest BCUT2D eigenvalue weighted by molar-refractivity contribution is 9.10. The smallest absolute Gasteiger partial charge is 0.135 e. The molecular formula is C17H12BrNOS. The Kier molecular flexibility index (Phi) is 3.10. The van der Waals surface area contributed by atoms with Gasteiger partial charge in [0.25, 0.3) is 0 Å². The number of benzene rings is 2. The van der Waals surface area contributed by atoms with Crippen molar-refractivity contribution in [2.24, 2.45) is 5.73 Å². The Bertz CT molecular complexity index is 940. The molecule has 2 aromatic carbocycles. The molecule has 0 amide bonds. The normalized spacial score (nSPS) is 13.0. The van der Waals surface area contributed by atoms with E-state index in [9.17, 15) is 0 Å². The van der Waals surface area contributed by atoms with Gasteiger partial charge in [-0.1, -0.05) is 24.3 Å². The van der Waals surface area contributed by atoms with Gasteiger partial charge < -0.3 is 10.2 Å². The first kappa shape index (κ1) is 13.1. The minimum atomic E-state index is -0.127. The molecule has 1 unspecified atom stereocenters. The third kappa shape index (κ3) is 2.11. The van der Waals surface area contributed by atoms with Gasteiger partial charge >= 0.3 is 0 Å². The lowest BCUT2D eigenvalue weighted by Crippen LogP contribution is -2.10. The van der Waals surface area contributed by atoms with Gasteiger partial charge in [-0.25, -0.2) is 0 Å². The van der Waals surface area contributed by atoms with E-state index in [1.165, 1.54) is 0 Å². The second-order valence-corrected chi connectivity index (χ2v) is 6.77. The molecule has 2 aromatic heterocycles. The van der Waals surface area contributed by atoms with E-state index in [2.05, 4.69) is 28.1 Å². The first-order valence-corrected chi connectivity index (χ1v) is 8.31. The van der Waals surface area contributed by atoms with Crippen LogP contribution in [0.3, 0.4) is 0 Å². The van der Waals surface area contributed by atoms with E-state index >= 15 is 0 Å². The molecule has 0 fully saturated rings. The van der Waals surface area contributed by atoms with Crippen LogP contribution in [0.4, 0.5) is 0 Å². The van der Waals surface area contributed by atoms with Gasteiger partial charge in [0, 0.05) is 20.1 Å². The molecule has 4 aromatic rings. The molecule has 0 bridgehead atoms. The van der Waals surface area contributed by atoms with Crippen LogP contribution in [-0.4, -0.2) is 0 Å². The van der Waals surface area contributed by atoms with Crippen molar-refractivity contribution in [2.75, 3.05) is 0 Å². The summed E-state index contributed by atoms with van der Waals surface area (Å²) in [6.07, 6.45) is 0. The molecule has 104 valence electrons. The number of nitrogens with two attached hydrogens (primary N) is 1. The van der Waals surface area contributed by atoms with Crippen LogP contribution in [0.1, 0.15) is 16.5 Å². The van der Waals surface area contributed by atoms with Gasteiger partial charge in [-0.2, -0.15) is 0 Å². The zero-order valence-electron chi connectivity index (χ0n) is 11.0. The fourth-order valence-corrected chi connectivity index (χ4v) is 4.26. The second-order valence-electron chi connectivity index (χ2n) is 4.96. The van der Waals surface area contributed by atoms with Crippen LogP contribution in [-0.2, 0) is 0 Å². The maximum atomic E-state index is 6.42. The van der Waals surface area contributed by atoms with Gasteiger partial charge in [0.15, 0.2) is 0 Å². The van der Waals surface area contributed by atoms with Crippen LogP contribution >= 0.6 is 27.3 Å². The van der Waals surface area contributed by atoms with E-state index in [0.29, 0.717) is 0 Å². The average molecular weight is 358 g/mol. The number of furan rings is 1. The Morgan fingerprint density at radius 3 is 2.62 bits per heavy atom. The molecule has 21 heavy (non-hydrogen) atoms. The monoisotopic (exact) mass is 357 g/mol. The van der Waals surface area contributed by atoms with Gasteiger partial charge in [-0.05, 0) is 51.1 Å². The van der Waals surface area contributed by atoms with E-state index in [-0.39, 0.29) is 6.04 Å². The van der Waals surface area contributed by atoms with Crippen LogP contribution in [0.5, 0.6) is 0 Å². The summed E-state index contributed by atoms with van der Waals surface area (Å²) in [6.45, 7) is 0. The molecule has 0 aliphatic heterocycles. The summed E-state index contributed by atoms with van der Waals surface area (Å²) >= 11 is 5.23. The van der Waals surface area contributed by atoms with Crippen molar-refractivity contribution in [3.8, 4) is 0 Å². The van der Waals surface area contributed by atoms with Crippen LogP contribution < -0.4 is 5.73 Å². The molecule has 0 radical (unpaired) electrons. The van der Waals surface area contributed by atoms with E-state index in [1.54, 1.807) is 11.3 Å². The van der Waals surface area contributed by atoms with Gasteiger partial charge in [0.05, 0.1) is 6.04 Å². The molecule has 2 nitrogen and oxygen atoms in total. The molecule has 0 saturated heterocycles. The quantitative estimate of drug-likeness (QED) is 0.517. The van der Waals surface area contributed by atoms with Crippen LogP contribution in [0.25, 0.3) is 21.9 Å². The summed E-state index contributed by atoms with van der Waals surface area (Å²) in [5, 5.41) is 4.29. The average Bonchev–Trinajstić information content (AvgIpc) is 3.09. The lowest BCUT2D eigenvalue weighted by Gasteiger charge is -2.11. The molecule has 2 heterocycles. The number of fused-ring (bicyclic) bond motifs is 3. The van der Waals surface area contributed by atoms with Crippen LogP contribution in [0.15, 0.2) is 62.8 Å². The van der Waals surface area contributed by atoms with Crippen molar-refractivity contribution in [3.05, 3.63) is 68.8 Å². The molecule has 1 atom stereocenters. The molecule has 0 aliphatic rings. The number of halogens is 1. The maximum absolute atomic E-state index is 6.42. The lowest BCUT2D eigenvalue weighted by atomic mass is 10.0. The summed E-state index contributed by atoms with van der Waals surface area (Å²) in [4.78, 5) is 1.14. The number of para-hydroxylation sites is 1. The largest absolute Gasteiger partial charge is 0.456 e. The fourth-order valence-electron chi connectivity index (χ4n) is 2.62. The standard InChI is InChI=1S/C17H12BrNOS/c18-13-7-8-21-17(13)16(19)10-5-6-15-12(9-10)11-3-1-2-4-14(11)20-15/h1-9,16H,19H2. The van der Waals surface area contributed by atoms with E-state index in [1.807, 2.05) is 41.8 Å². The summed E-state index contributed by atoms with van der Waals surface area (Å²) in [5.41, 5.74) is 9.32. The number of thiophene rings is 1. The molecule has 4 heteroatoms. The summed E-state index contributed by atoms with van der Waals surface area (Å²) < 4.78 is 6.92. The molecule has 0 aliphatic carbocycles. The highest BCUT2D eigenvalue weighted by Gasteiger charge is 2.15. The fraction of sp³-hybridized carbons (Fsp3) is 0.0588. The topological polar surface area (TPSA) is 39.2 Å². The van der Waals surface area contributed by atoms with Crippen LogP contribution in [0.2, 0.25) is 0 Å². The van der Waals surface area contributed by atoms with E-state index in [4.69, 9.17) is 10.2 Å². The van der Waals surface area contributed by atoms with Crippen molar-refractivity contribution in [2.45, 2.75) is 6.04 Å². The Balaban J connectivity index is 1.90. The van der Waals surface area contributed by atoms with E-state index in [0.717, 1.165) is 36.9 Å². The second kappa shape index (κ2) is 4.98. The summed E-state index contributed by atoms with van der Waals surface area (Å²) in [6, 6.07) is 16.2. The SMILES string of the molecule is NC(c1ccc2oc3ccccc3c2c1)c1sccc1Br. The number of hydrogen-bond donors (Lipinski definition) is 1. The third-order valence-electron chi connectivity index (χ3n) is 3.69. The van der Waals surface area contributed by atoms with Crippen LogP contribution in [0, 0.1) is 0 Å². The maximum Gasteiger partial charge on any atom is 0.135 e. The molecular weight excluding hydrogens is 346 g/mol. The first-order valence-electron chi connectivity index (χ1n) is 6.64. The molecule has 0 saturated carbocycles. The first-order chi connectivity index (χ1) is 10.2. The predicted octanol–water partition coefficient (Wildman–Crippen LogP) is 5.46. The minimum absolute atomic E-state index is 0.127. The Morgan fingerprint density at radius 1 is 1.00 bits per heavy atom. The lowest BCUT2D eigenvalue weighted by molar-refractivity contribution is 0.668. The minimum Gasteiger partial charge on any atom is -0.456 e. The van der Waals surface area contributed by atoms with Gasteiger partial charge in [0.1, 0.15) is 11.2 Å². The van der Waals surface area contributed by atoms with Crippen molar-refractivity contribution < 1.29 is 4.42 Å². The number of rotatable bonds is 2. The van der Waals surface area contributed by atoms with Gasteiger partial charge in [-0.3, -0.25) is 0 Å². The highest BCUT2D eigenvalue weighted by atomic mass is 79.9. The Labute approximate surface area is 134 Å². The third-order valence-corrected chi connectivity index (χ3v) is 5.64. The van der Waals surface area contributed by atoms with E-state index < -0.39 is 0 Å². The predicted molar refractivity (Wildman–Crippen MR) is 91.8 cm³/mol. The Morgan fingerprint density at radius 2 is 1.81 bits per heavy atom. The van der Waals surface area contributed by atoms with Gasteiger partial charge in [-0.15, -0.1) is 11.3 Å². The van der Waals surface area contributed by atoms with Crippen molar-refractivity contribution >= 4 is 49.2 Å². The zero-order valence-corrected chi connectivity index (χ0v) is 13.4. The van der Waals surface area contributed by atoms with Gasteiger partial charge in [0.2, 0.25) is 0 Å². The molecule has 2 N–H and O–H groups in total. The summed E-state index contributed by atoms with van der Waals surface area (Å²) in [7, 11) is 0. The molecule has 0 spiro atoms. The van der Waals surface area contributed by atoms with Crippen molar-refractivity contribution in [3.63, 3.8) is 0 Å². The summed E-state index contributed by atoms with van der Waals surface area (Å²) in [5.74, 6) is 0. The zero-order chi connectivity index (χ0) is 14.4. The Hall–Kier alpha value is -1.62.